The average Bonchev–Trinajstić information content (AvgIpc) is 2.38. The molecule has 0 saturated carbocycles. The van der Waals surface area contributed by atoms with Crippen LogP contribution in [0.25, 0.3) is 0 Å². The zero-order valence-electron chi connectivity index (χ0n) is 11.3. The molecular weight excluding hydrogens is 385 g/mol. The molecule has 0 aromatic heterocycles. The summed E-state index contributed by atoms with van der Waals surface area (Å²) < 4.78 is 15.8. The molecular formula is C16H16Br2FN. The van der Waals surface area contributed by atoms with Gasteiger partial charge in [0.05, 0.1) is 0 Å². The molecule has 0 aliphatic rings. The Balaban J connectivity index is 2.15. The molecule has 0 radical (unpaired) electrons. The second-order valence-corrected chi connectivity index (χ2v) is 6.57. The Hall–Kier alpha value is -0.710. The third kappa shape index (κ3) is 3.68. The third-order valence-electron chi connectivity index (χ3n) is 3.30. The first-order valence-electron chi connectivity index (χ1n) is 6.44. The molecule has 0 saturated heterocycles. The summed E-state index contributed by atoms with van der Waals surface area (Å²) in [5.74, 6) is -0.196. The molecule has 2 atom stereocenters. The van der Waals surface area contributed by atoms with Crippen molar-refractivity contribution >= 4 is 31.9 Å². The lowest BCUT2D eigenvalue weighted by Gasteiger charge is -2.22. The number of hydrogen-bond donors (Lipinski definition) is 1. The molecule has 20 heavy (non-hydrogen) atoms. The van der Waals surface area contributed by atoms with Crippen molar-refractivity contribution in [2.24, 2.45) is 0 Å². The van der Waals surface area contributed by atoms with Gasteiger partial charge in [-0.3, -0.25) is 0 Å². The molecule has 2 aromatic carbocycles. The average molecular weight is 401 g/mol. The Morgan fingerprint density at radius 3 is 2.25 bits per heavy atom. The van der Waals surface area contributed by atoms with Crippen LogP contribution < -0.4 is 5.32 Å². The van der Waals surface area contributed by atoms with Crippen molar-refractivity contribution in [1.29, 1.82) is 0 Å². The molecule has 0 spiro atoms. The Morgan fingerprint density at radius 1 is 0.950 bits per heavy atom. The van der Waals surface area contributed by atoms with E-state index in [1.54, 1.807) is 0 Å². The largest absolute Gasteiger partial charge is 0.304 e. The fourth-order valence-electron chi connectivity index (χ4n) is 2.23. The number of rotatable bonds is 4. The number of hydrogen-bond acceptors (Lipinski definition) is 1. The number of halogens is 3. The summed E-state index contributed by atoms with van der Waals surface area (Å²) in [5, 5.41) is 3.43. The highest BCUT2D eigenvalue weighted by atomic mass is 79.9. The molecule has 0 aliphatic carbocycles. The van der Waals surface area contributed by atoms with Crippen molar-refractivity contribution in [2.45, 2.75) is 25.9 Å². The van der Waals surface area contributed by atoms with Crippen LogP contribution in [0.2, 0.25) is 0 Å². The van der Waals surface area contributed by atoms with Gasteiger partial charge < -0.3 is 5.32 Å². The van der Waals surface area contributed by atoms with Gasteiger partial charge in [0, 0.05) is 26.6 Å². The lowest BCUT2D eigenvalue weighted by atomic mass is 10.0. The highest BCUT2D eigenvalue weighted by molar-refractivity contribution is 9.10. The van der Waals surface area contributed by atoms with Gasteiger partial charge in [0.15, 0.2) is 0 Å². The van der Waals surface area contributed by atoms with Gasteiger partial charge in [0.2, 0.25) is 0 Å². The molecule has 1 unspecified atom stereocenters. The van der Waals surface area contributed by atoms with Gasteiger partial charge in [-0.1, -0.05) is 56.1 Å². The zero-order chi connectivity index (χ0) is 14.7. The molecule has 1 nitrogen and oxygen atoms in total. The minimum atomic E-state index is -0.196. The van der Waals surface area contributed by atoms with E-state index in [0.717, 1.165) is 14.5 Å². The van der Waals surface area contributed by atoms with Crippen LogP contribution in [-0.4, -0.2) is 0 Å². The van der Waals surface area contributed by atoms with Gasteiger partial charge in [-0.15, -0.1) is 0 Å². The molecule has 2 rings (SSSR count). The lowest BCUT2D eigenvalue weighted by molar-refractivity contribution is 0.473. The van der Waals surface area contributed by atoms with E-state index in [4.69, 9.17) is 0 Å². The monoisotopic (exact) mass is 399 g/mol. The van der Waals surface area contributed by atoms with E-state index in [-0.39, 0.29) is 17.9 Å². The van der Waals surface area contributed by atoms with Gasteiger partial charge in [-0.25, -0.2) is 4.39 Å². The Morgan fingerprint density at radius 2 is 1.60 bits per heavy atom. The predicted molar refractivity (Wildman–Crippen MR) is 88.2 cm³/mol. The first kappa shape index (κ1) is 15.7. The molecule has 0 fully saturated rings. The molecule has 0 bridgehead atoms. The molecule has 4 heteroatoms. The molecule has 1 N–H and O–H groups in total. The summed E-state index contributed by atoms with van der Waals surface area (Å²) in [7, 11) is 0. The van der Waals surface area contributed by atoms with Crippen LogP contribution in [0.15, 0.2) is 51.4 Å². The summed E-state index contributed by atoms with van der Waals surface area (Å²) in [6.07, 6.45) is 0. The van der Waals surface area contributed by atoms with E-state index < -0.39 is 0 Å². The maximum Gasteiger partial charge on any atom is 0.129 e. The van der Waals surface area contributed by atoms with Crippen molar-refractivity contribution < 1.29 is 4.39 Å². The van der Waals surface area contributed by atoms with E-state index >= 15 is 0 Å². The second kappa shape index (κ2) is 6.83. The SMILES string of the molecule is CC(N[C@@H](C)c1ccccc1Br)c1ccc(Br)cc1F. The van der Waals surface area contributed by atoms with Crippen LogP contribution in [0.4, 0.5) is 4.39 Å². The summed E-state index contributed by atoms with van der Waals surface area (Å²) >= 11 is 6.82. The van der Waals surface area contributed by atoms with Crippen molar-refractivity contribution in [1.82, 2.24) is 5.32 Å². The van der Waals surface area contributed by atoms with Gasteiger partial charge in [0.25, 0.3) is 0 Å². The van der Waals surface area contributed by atoms with Crippen LogP contribution in [0.3, 0.4) is 0 Å². The predicted octanol–water partition coefficient (Wildman–Crippen LogP) is 5.76. The standard InChI is InChI=1S/C16H16Br2FN/c1-10(13-5-3-4-6-15(13)18)20-11(2)14-8-7-12(17)9-16(14)19/h3-11,20H,1-2H3/t10-,11?/m0/s1. The van der Waals surface area contributed by atoms with Crippen LogP contribution in [-0.2, 0) is 0 Å². The molecule has 0 amide bonds. The smallest absolute Gasteiger partial charge is 0.129 e. The van der Waals surface area contributed by atoms with Crippen molar-refractivity contribution in [2.75, 3.05) is 0 Å². The third-order valence-corrected chi connectivity index (χ3v) is 4.52. The molecule has 0 aliphatic heterocycles. The quantitative estimate of drug-likeness (QED) is 0.687. The van der Waals surface area contributed by atoms with Crippen molar-refractivity contribution in [3.05, 3.63) is 68.4 Å². The number of nitrogens with one attached hydrogen (secondary N) is 1. The van der Waals surface area contributed by atoms with Gasteiger partial charge in [-0.2, -0.15) is 0 Å². The van der Waals surface area contributed by atoms with E-state index in [1.807, 2.05) is 37.3 Å². The van der Waals surface area contributed by atoms with Crippen molar-refractivity contribution in [3.8, 4) is 0 Å². The van der Waals surface area contributed by atoms with Crippen LogP contribution in [0.1, 0.15) is 37.1 Å². The summed E-state index contributed by atoms with van der Waals surface area (Å²) in [6.45, 7) is 4.05. The fraction of sp³-hybridized carbons (Fsp3) is 0.250. The summed E-state index contributed by atoms with van der Waals surface area (Å²) in [6, 6.07) is 13.3. The second-order valence-electron chi connectivity index (χ2n) is 4.80. The fourth-order valence-corrected chi connectivity index (χ4v) is 3.19. The summed E-state index contributed by atoms with van der Waals surface area (Å²) in [4.78, 5) is 0. The first-order chi connectivity index (χ1) is 9.49. The minimum absolute atomic E-state index is 0.0646. The van der Waals surface area contributed by atoms with Gasteiger partial charge in [0.1, 0.15) is 5.82 Å². The first-order valence-corrected chi connectivity index (χ1v) is 8.03. The maximum absolute atomic E-state index is 14.0. The maximum atomic E-state index is 14.0. The minimum Gasteiger partial charge on any atom is -0.304 e. The van der Waals surface area contributed by atoms with E-state index in [0.29, 0.717) is 5.56 Å². The van der Waals surface area contributed by atoms with Crippen LogP contribution in [0.5, 0.6) is 0 Å². The molecule has 0 heterocycles. The lowest BCUT2D eigenvalue weighted by Crippen LogP contribution is -2.23. The molecule has 2 aromatic rings. The topological polar surface area (TPSA) is 12.0 Å². The highest BCUT2D eigenvalue weighted by Gasteiger charge is 2.15. The van der Waals surface area contributed by atoms with Crippen LogP contribution in [0, 0.1) is 5.82 Å². The zero-order valence-corrected chi connectivity index (χ0v) is 14.5. The van der Waals surface area contributed by atoms with Gasteiger partial charge in [-0.05, 0) is 37.6 Å². The van der Waals surface area contributed by atoms with E-state index in [9.17, 15) is 4.39 Å². The Labute approximate surface area is 135 Å². The summed E-state index contributed by atoms with van der Waals surface area (Å²) in [5.41, 5.74) is 1.84. The van der Waals surface area contributed by atoms with E-state index in [2.05, 4.69) is 50.2 Å². The van der Waals surface area contributed by atoms with Crippen LogP contribution >= 0.6 is 31.9 Å². The normalized spacial score (nSPS) is 14.1. The van der Waals surface area contributed by atoms with Crippen molar-refractivity contribution in [3.63, 3.8) is 0 Å². The Kier molecular flexibility index (Phi) is 5.35. The Bertz CT molecular complexity index is 601. The van der Waals surface area contributed by atoms with E-state index in [1.165, 1.54) is 6.07 Å². The number of benzene rings is 2. The van der Waals surface area contributed by atoms with Gasteiger partial charge >= 0.3 is 0 Å². The highest BCUT2D eigenvalue weighted by Crippen LogP contribution is 2.27. The molecule has 106 valence electrons.